The average Bonchev–Trinajstić information content (AvgIpc) is 2.35. The van der Waals surface area contributed by atoms with E-state index in [1.54, 1.807) is 12.1 Å². The molecule has 0 spiro atoms. The van der Waals surface area contributed by atoms with Crippen LogP contribution in [0.4, 0.5) is 4.39 Å². The molecule has 0 fully saturated rings. The van der Waals surface area contributed by atoms with Gasteiger partial charge in [-0.25, -0.2) is 4.39 Å². The van der Waals surface area contributed by atoms with E-state index < -0.39 is 0 Å². The molecule has 2 heteroatoms. The molecule has 0 atom stereocenters. The van der Waals surface area contributed by atoms with E-state index in [-0.39, 0.29) is 5.82 Å². The lowest BCUT2D eigenvalue weighted by Gasteiger charge is -1.94. The van der Waals surface area contributed by atoms with E-state index in [1.165, 1.54) is 6.07 Å². The zero-order valence-electron chi connectivity index (χ0n) is 6.13. The first kappa shape index (κ1) is 6.40. The van der Waals surface area contributed by atoms with Gasteiger partial charge < -0.3 is 4.57 Å². The molecule has 0 N–H and O–H groups in total. The summed E-state index contributed by atoms with van der Waals surface area (Å²) in [6, 6.07) is 7.62. The zero-order valence-corrected chi connectivity index (χ0v) is 6.13. The number of nitrogens with zero attached hydrogens (tertiary/aromatic N) is 1. The lowest BCUT2D eigenvalue weighted by atomic mass is 10.2. The minimum absolute atomic E-state index is 0.205. The lowest BCUT2D eigenvalue weighted by Crippen LogP contribution is -1.83. The van der Waals surface area contributed by atoms with Gasteiger partial charge in [-0.3, -0.25) is 0 Å². The lowest BCUT2D eigenvalue weighted by molar-refractivity contribution is 0.639. The van der Waals surface area contributed by atoms with Gasteiger partial charge in [0.15, 0.2) is 0 Å². The number of hydrogen-bond donors (Lipinski definition) is 0. The van der Waals surface area contributed by atoms with E-state index in [9.17, 15) is 4.39 Å². The summed E-state index contributed by atoms with van der Waals surface area (Å²) in [5.74, 6) is -0.205. The number of aromatic nitrogens is 1. The molecule has 0 unspecified atom stereocenters. The number of fused-ring (bicyclic) bond motifs is 1. The molecule has 11 heavy (non-hydrogen) atoms. The van der Waals surface area contributed by atoms with E-state index >= 15 is 0 Å². The number of aryl methyl sites for hydroxylation is 1. The van der Waals surface area contributed by atoms with Crippen molar-refractivity contribution in [1.29, 1.82) is 0 Å². The third-order valence-corrected chi connectivity index (χ3v) is 1.81. The van der Waals surface area contributed by atoms with Crippen molar-refractivity contribution in [3.63, 3.8) is 0 Å². The number of benzene rings is 1. The largest absolute Gasteiger partial charge is 0.350 e. The second-order valence-electron chi connectivity index (χ2n) is 2.53. The second kappa shape index (κ2) is 2.09. The van der Waals surface area contributed by atoms with Crippen molar-refractivity contribution in [2.45, 2.75) is 0 Å². The highest BCUT2D eigenvalue weighted by atomic mass is 19.1. The standard InChI is InChI=1S/C9H7FN/c1-11-6-5-7-8(10)3-2-4-9(7)11/h3-6H,1H3. The quantitative estimate of drug-likeness (QED) is 0.539. The fourth-order valence-electron chi connectivity index (χ4n) is 1.20. The van der Waals surface area contributed by atoms with E-state index in [1.807, 2.05) is 17.8 Å². The third-order valence-electron chi connectivity index (χ3n) is 1.81. The normalized spacial score (nSPS) is 10.7. The summed E-state index contributed by atoms with van der Waals surface area (Å²) in [5, 5.41) is 0.659. The average molecular weight is 148 g/mol. The molecule has 1 radical (unpaired) electrons. The predicted molar refractivity (Wildman–Crippen MR) is 41.7 cm³/mol. The second-order valence-corrected chi connectivity index (χ2v) is 2.53. The van der Waals surface area contributed by atoms with Crippen LogP contribution >= 0.6 is 0 Å². The highest BCUT2D eigenvalue weighted by molar-refractivity contribution is 5.80. The van der Waals surface area contributed by atoms with Crippen molar-refractivity contribution in [2.75, 3.05) is 0 Å². The van der Waals surface area contributed by atoms with Crippen LogP contribution < -0.4 is 0 Å². The van der Waals surface area contributed by atoms with Crippen molar-refractivity contribution in [3.8, 4) is 0 Å². The van der Waals surface area contributed by atoms with Gasteiger partial charge in [-0.05, 0) is 24.3 Å². The maximum atomic E-state index is 13.0. The molecule has 2 rings (SSSR count). The highest BCUT2D eigenvalue weighted by Crippen LogP contribution is 2.16. The molecule has 1 nitrogen and oxygen atoms in total. The van der Waals surface area contributed by atoms with Gasteiger partial charge in [-0.15, -0.1) is 0 Å². The Hall–Kier alpha value is -1.31. The van der Waals surface area contributed by atoms with Crippen molar-refractivity contribution < 1.29 is 4.39 Å². The first-order valence-electron chi connectivity index (χ1n) is 3.39. The van der Waals surface area contributed by atoms with Crippen LogP contribution in [0, 0.1) is 11.9 Å². The van der Waals surface area contributed by atoms with Crippen molar-refractivity contribution in [3.05, 3.63) is 36.3 Å². The smallest absolute Gasteiger partial charge is 0.133 e. The molecule has 0 saturated carbocycles. The van der Waals surface area contributed by atoms with Crippen LogP contribution in [0.1, 0.15) is 0 Å². The maximum absolute atomic E-state index is 13.0. The van der Waals surface area contributed by atoms with Crippen LogP contribution in [0.5, 0.6) is 0 Å². The summed E-state index contributed by atoms with van der Waals surface area (Å²) in [7, 11) is 1.88. The van der Waals surface area contributed by atoms with Crippen molar-refractivity contribution in [2.24, 2.45) is 7.05 Å². The monoisotopic (exact) mass is 148 g/mol. The topological polar surface area (TPSA) is 4.93 Å². The summed E-state index contributed by atoms with van der Waals surface area (Å²) in [6.07, 6.45) is 1.83. The molecule has 0 bridgehead atoms. The Morgan fingerprint density at radius 1 is 1.45 bits per heavy atom. The fraction of sp³-hybridized carbons (Fsp3) is 0.111. The summed E-state index contributed by atoms with van der Waals surface area (Å²) in [5.41, 5.74) is 0.880. The Balaban J connectivity index is 2.94. The van der Waals surface area contributed by atoms with Crippen LogP contribution in [0.15, 0.2) is 24.4 Å². The molecular weight excluding hydrogens is 141 g/mol. The summed E-state index contributed by atoms with van der Waals surface area (Å²) >= 11 is 0. The SMILES string of the molecule is Cn1ccc2c(F)c[c]cc21. The summed E-state index contributed by atoms with van der Waals surface area (Å²) in [4.78, 5) is 0. The minimum Gasteiger partial charge on any atom is -0.350 e. The van der Waals surface area contributed by atoms with Crippen LogP contribution in [0.2, 0.25) is 0 Å². The molecule has 1 heterocycles. The molecule has 0 amide bonds. The zero-order chi connectivity index (χ0) is 7.84. The first-order valence-corrected chi connectivity index (χ1v) is 3.39. The molecule has 0 aliphatic heterocycles. The minimum atomic E-state index is -0.205. The molecule has 55 valence electrons. The third kappa shape index (κ3) is 0.827. The number of rotatable bonds is 0. The van der Waals surface area contributed by atoms with Gasteiger partial charge in [0.05, 0.1) is 5.52 Å². The van der Waals surface area contributed by atoms with Gasteiger partial charge in [0.1, 0.15) is 5.82 Å². The van der Waals surface area contributed by atoms with Crippen LogP contribution in [0.3, 0.4) is 0 Å². The molecule has 1 aromatic heterocycles. The first-order chi connectivity index (χ1) is 5.29. The molecule has 0 aliphatic carbocycles. The van der Waals surface area contributed by atoms with Gasteiger partial charge in [0, 0.05) is 18.6 Å². The summed E-state index contributed by atoms with van der Waals surface area (Å²) in [6.45, 7) is 0. The van der Waals surface area contributed by atoms with E-state index in [0.29, 0.717) is 5.39 Å². The Morgan fingerprint density at radius 2 is 2.27 bits per heavy atom. The predicted octanol–water partition coefficient (Wildman–Crippen LogP) is 2.12. The molecule has 0 aliphatic rings. The van der Waals surface area contributed by atoms with Gasteiger partial charge >= 0.3 is 0 Å². The van der Waals surface area contributed by atoms with Crippen molar-refractivity contribution >= 4 is 10.9 Å². The Morgan fingerprint density at radius 3 is 3.00 bits per heavy atom. The van der Waals surface area contributed by atoms with Crippen LogP contribution in [-0.4, -0.2) is 4.57 Å². The molecular formula is C9H7FN. The summed E-state index contributed by atoms with van der Waals surface area (Å²) < 4.78 is 14.8. The Labute approximate surface area is 64.1 Å². The van der Waals surface area contributed by atoms with Gasteiger partial charge in [0.2, 0.25) is 0 Å². The Kier molecular flexibility index (Phi) is 1.22. The Bertz CT molecular complexity index is 389. The van der Waals surface area contributed by atoms with E-state index in [0.717, 1.165) is 5.52 Å². The number of hydrogen-bond acceptors (Lipinski definition) is 0. The van der Waals surface area contributed by atoms with Crippen LogP contribution in [-0.2, 0) is 7.05 Å². The van der Waals surface area contributed by atoms with Gasteiger partial charge in [-0.2, -0.15) is 0 Å². The number of halogens is 1. The van der Waals surface area contributed by atoms with Crippen LogP contribution in [0.25, 0.3) is 10.9 Å². The fourth-order valence-corrected chi connectivity index (χ4v) is 1.20. The van der Waals surface area contributed by atoms with Crippen molar-refractivity contribution in [1.82, 2.24) is 4.57 Å². The van der Waals surface area contributed by atoms with E-state index in [4.69, 9.17) is 0 Å². The molecule has 1 aromatic carbocycles. The van der Waals surface area contributed by atoms with E-state index in [2.05, 4.69) is 6.07 Å². The maximum Gasteiger partial charge on any atom is 0.133 e. The van der Waals surface area contributed by atoms with Gasteiger partial charge in [-0.1, -0.05) is 0 Å². The molecule has 2 aromatic rings. The van der Waals surface area contributed by atoms with Gasteiger partial charge in [0.25, 0.3) is 0 Å². The molecule has 0 saturated heterocycles. The highest BCUT2D eigenvalue weighted by Gasteiger charge is 2.00.